The van der Waals surface area contributed by atoms with E-state index in [4.69, 9.17) is 5.73 Å². The van der Waals surface area contributed by atoms with Gasteiger partial charge in [0.2, 0.25) is 0 Å². The summed E-state index contributed by atoms with van der Waals surface area (Å²) in [6, 6.07) is 11.0. The van der Waals surface area contributed by atoms with Gasteiger partial charge in [0.1, 0.15) is 11.4 Å². The molecule has 0 saturated heterocycles. The molecule has 3 heterocycles. The molecule has 1 aliphatic heterocycles. The summed E-state index contributed by atoms with van der Waals surface area (Å²) in [5.74, 6) is -0.607. The van der Waals surface area contributed by atoms with Crippen LogP contribution in [0.1, 0.15) is 27.3 Å². The first-order valence-corrected chi connectivity index (χ1v) is 10.7. The zero-order valence-corrected chi connectivity index (χ0v) is 18.0. The summed E-state index contributed by atoms with van der Waals surface area (Å²) < 4.78 is 0. The van der Waals surface area contributed by atoms with E-state index in [2.05, 4.69) is 20.3 Å². The third kappa shape index (κ3) is 3.75. The molecular weight excluding hydrogens is 436 g/mol. The lowest BCUT2D eigenvalue weighted by molar-refractivity contribution is 0.0940. The monoisotopic (exact) mass is 456 g/mol. The van der Waals surface area contributed by atoms with E-state index < -0.39 is 22.3 Å². The molecule has 0 saturated carbocycles. The van der Waals surface area contributed by atoms with Crippen molar-refractivity contribution in [2.75, 3.05) is 17.2 Å². The fraction of sp³-hybridized carbons (Fsp3) is 0.167. The summed E-state index contributed by atoms with van der Waals surface area (Å²) in [4.78, 5) is 60.8. The number of hydrogen-bond acceptors (Lipinski definition) is 8. The number of H-pyrrole nitrogens is 1. The van der Waals surface area contributed by atoms with Crippen molar-refractivity contribution < 1.29 is 4.79 Å². The van der Waals surface area contributed by atoms with E-state index in [9.17, 15) is 19.2 Å². The Labute approximate surface area is 192 Å². The predicted octanol–water partition coefficient (Wildman–Crippen LogP) is 0.503. The van der Waals surface area contributed by atoms with Crippen LogP contribution < -0.4 is 32.4 Å². The number of carbonyl (C=O) groups is 1. The Morgan fingerprint density at radius 2 is 1.94 bits per heavy atom. The highest BCUT2D eigenvalue weighted by atomic mass is 16.2. The van der Waals surface area contributed by atoms with Gasteiger partial charge in [0.05, 0.1) is 11.3 Å². The molecular formula is C24H20N6O4. The van der Waals surface area contributed by atoms with Crippen LogP contribution in [0.3, 0.4) is 0 Å². The van der Waals surface area contributed by atoms with Crippen LogP contribution in [-0.2, 0) is 19.5 Å². The molecule has 10 heteroatoms. The van der Waals surface area contributed by atoms with Crippen molar-refractivity contribution in [1.82, 2.24) is 20.3 Å². The molecule has 2 aromatic carbocycles. The highest BCUT2D eigenvalue weighted by Gasteiger charge is 2.26. The Hall–Kier alpha value is -4.60. The lowest BCUT2D eigenvalue weighted by Gasteiger charge is -2.32. The van der Waals surface area contributed by atoms with Crippen LogP contribution in [0.15, 0.2) is 63.2 Å². The number of nitrogens with zero attached hydrogens (tertiary/aromatic N) is 3. The minimum atomic E-state index is -0.628. The molecule has 0 unspecified atom stereocenters. The van der Waals surface area contributed by atoms with Crippen molar-refractivity contribution in [2.24, 2.45) is 0 Å². The molecule has 0 spiro atoms. The number of benzene rings is 1. The van der Waals surface area contributed by atoms with E-state index in [1.165, 1.54) is 6.20 Å². The van der Waals surface area contributed by atoms with Crippen molar-refractivity contribution in [3.8, 4) is 11.3 Å². The lowest BCUT2D eigenvalue weighted by Crippen LogP contribution is -2.44. The van der Waals surface area contributed by atoms with E-state index in [0.29, 0.717) is 30.9 Å². The van der Waals surface area contributed by atoms with Crippen molar-refractivity contribution in [2.45, 2.75) is 19.5 Å². The highest BCUT2D eigenvalue weighted by Crippen LogP contribution is 2.26. The zero-order chi connectivity index (χ0) is 23.8. The van der Waals surface area contributed by atoms with Crippen LogP contribution in [0.5, 0.6) is 0 Å². The number of nitrogen functional groups attached to an aromatic ring is 1. The number of aromatic nitrogens is 3. The number of amides is 1. The molecule has 2 aromatic heterocycles. The van der Waals surface area contributed by atoms with Crippen molar-refractivity contribution in [3.05, 3.63) is 102 Å². The van der Waals surface area contributed by atoms with Gasteiger partial charge in [-0.2, -0.15) is 0 Å². The third-order valence-electron chi connectivity index (χ3n) is 5.93. The number of rotatable bonds is 5. The standard InChI is InChI=1S/C24H20N6O4/c25-18-19(21(32)20(18)31)30-8-6-14-5-4-13(9-15(14)12-30)10-28-24(34)22-27-11-16(23(33)29-22)17-3-1-2-7-26-17/h1-5,7,9,11H,6,8,10,12,25H2,(H,28,34)(H,27,29,33). The molecule has 0 radical (unpaired) electrons. The topological polar surface area (TPSA) is 151 Å². The van der Waals surface area contributed by atoms with Gasteiger partial charge in [0.15, 0.2) is 5.82 Å². The van der Waals surface area contributed by atoms with Gasteiger partial charge in [-0.05, 0) is 35.2 Å². The molecule has 4 N–H and O–H groups in total. The fourth-order valence-corrected chi connectivity index (χ4v) is 4.10. The normalized spacial score (nSPS) is 13.0. The predicted molar refractivity (Wildman–Crippen MR) is 126 cm³/mol. The molecule has 0 atom stereocenters. The molecule has 1 aliphatic rings. The summed E-state index contributed by atoms with van der Waals surface area (Å²) in [5, 5.41) is 2.76. The summed E-state index contributed by atoms with van der Waals surface area (Å²) in [6.45, 7) is 1.28. The maximum absolute atomic E-state index is 12.5. The fourth-order valence-electron chi connectivity index (χ4n) is 4.10. The Kier molecular flexibility index (Phi) is 5.25. The minimum absolute atomic E-state index is 0.0208. The molecule has 0 fully saturated rings. The van der Waals surface area contributed by atoms with Gasteiger partial charge in [0.25, 0.3) is 22.3 Å². The van der Waals surface area contributed by atoms with Crippen LogP contribution in [0.25, 0.3) is 11.3 Å². The largest absolute Gasteiger partial charge is 0.394 e. The van der Waals surface area contributed by atoms with E-state index >= 15 is 0 Å². The van der Waals surface area contributed by atoms with Crippen LogP contribution >= 0.6 is 0 Å². The molecule has 0 aliphatic carbocycles. The maximum Gasteiger partial charge on any atom is 0.287 e. The van der Waals surface area contributed by atoms with E-state index in [0.717, 1.165) is 16.7 Å². The Bertz CT molecular complexity index is 1540. The van der Waals surface area contributed by atoms with E-state index in [1.54, 1.807) is 24.4 Å². The number of pyridine rings is 1. The van der Waals surface area contributed by atoms with Gasteiger partial charge in [-0.15, -0.1) is 0 Å². The van der Waals surface area contributed by atoms with Crippen LogP contribution in [-0.4, -0.2) is 27.4 Å². The molecule has 0 bridgehead atoms. The average molecular weight is 456 g/mol. The number of fused-ring (bicyclic) bond motifs is 1. The number of nitrogens with one attached hydrogen (secondary N) is 2. The summed E-state index contributed by atoms with van der Waals surface area (Å²) in [6.07, 6.45) is 3.62. The SMILES string of the molecule is Nc1c(N2CCc3ccc(CNC(=O)c4ncc(-c5ccccn5)c(=O)[nH]4)cc3C2)c(=O)c1=O. The van der Waals surface area contributed by atoms with Gasteiger partial charge in [-0.1, -0.05) is 24.3 Å². The number of nitrogens with two attached hydrogens (primary N) is 1. The lowest BCUT2D eigenvalue weighted by atomic mass is 9.96. The first-order valence-electron chi connectivity index (χ1n) is 10.7. The summed E-state index contributed by atoms with van der Waals surface area (Å²) in [7, 11) is 0. The van der Waals surface area contributed by atoms with Crippen molar-refractivity contribution >= 4 is 17.3 Å². The zero-order valence-electron chi connectivity index (χ0n) is 18.0. The third-order valence-corrected chi connectivity index (χ3v) is 5.93. The minimum Gasteiger partial charge on any atom is -0.394 e. The van der Waals surface area contributed by atoms with Crippen molar-refractivity contribution in [3.63, 3.8) is 0 Å². The number of aromatic amines is 1. The number of anilines is 2. The highest BCUT2D eigenvalue weighted by molar-refractivity contribution is 5.90. The second kappa shape index (κ2) is 8.39. The molecule has 1 amide bonds. The van der Waals surface area contributed by atoms with E-state index in [1.807, 2.05) is 23.1 Å². The van der Waals surface area contributed by atoms with Crippen LogP contribution in [0.2, 0.25) is 0 Å². The summed E-state index contributed by atoms with van der Waals surface area (Å²) in [5.41, 5.74) is 8.13. The van der Waals surface area contributed by atoms with Gasteiger partial charge in [-0.3, -0.25) is 24.2 Å². The van der Waals surface area contributed by atoms with Crippen molar-refractivity contribution in [1.29, 1.82) is 0 Å². The Morgan fingerprint density at radius 1 is 1.09 bits per heavy atom. The molecule has 5 rings (SSSR count). The molecule has 170 valence electrons. The van der Waals surface area contributed by atoms with Crippen LogP contribution in [0.4, 0.5) is 11.4 Å². The number of carbonyl (C=O) groups excluding carboxylic acids is 1. The Balaban J connectivity index is 1.27. The quantitative estimate of drug-likeness (QED) is 0.367. The van der Waals surface area contributed by atoms with Gasteiger partial charge < -0.3 is 20.9 Å². The smallest absolute Gasteiger partial charge is 0.287 e. The molecule has 10 nitrogen and oxygen atoms in total. The Morgan fingerprint density at radius 3 is 2.68 bits per heavy atom. The van der Waals surface area contributed by atoms with E-state index in [-0.39, 0.29) is 23.6 Å². The number of hydrogen-bond donors (Lipinski definition) is 3. The maximum atomic E-state index is 12.5. The van der Waals surface area contributed by atoms with Gasteiger partial charge in [0, 0.05) is 32.0 Å². The second-order valence-electron chi connectivity index (χ2n) is 8.07. The average Bonchev–Trinajstić information content (AvgIpc) is 2.87. The van der Waals surface area contributed by atoms with Gasteiger partial charge in [-0.25, -0.2) is 4.98 Å². The summed E-state index contributed by atoms with van der Waals surface area (Å²) >= 11 is 0. The van der Waals surface area contributed by atoms with Crippen LogP contribution in [0, 0.1) is 0 Å². The molecule has 4 aromatic rings. The van der Waals surface area contributed by atoms with Gasteiger partial charge >= 0.3 is 0 Å². The first kappa shape index (κ1) is 21.3. The first-order chi connectivity index (χ1) is 16.4. The second-order valence-corrected chi connectivity index (χ2v) is 8.07. The molecule has 34 heavy (non-hydrogen) atoms.